The molecule has 2 aromatic carbocycles. The SMILES string of the molecule is C/C=C/c1ccc(/C(F)=C(/F)c2ccc(CCCCCCCC)cc2)cc1. The van der Waals surface area contributed by atoms with Gasteiger partial charge in [-0.3, -0.25) is 0 Å². The average Bonchev–Trinajstić information content (AvgIpc) is 2.71. The summed E-state index contributed by atoms with van der Waals surface area (Å²) in [4.78, 5) is 0. The molecule has 2 heteroatoms. The number of allylic oxidation sites excluding steroid dienone is 1. The molecule has 0 saturated heterocycles. The van der Waals surface area contributed by atoms with E-state index in [1.54, 1.807) is 36.4 Å². The molecule has 0 aliphatic rings. The van der Waals surface area contributed by atoms with Gasteiger partial charge >= 0.3 is 0 Å². The Morgan fingerprint density at radius 3 is 1.81 bits per heavy atom. The zero-order chi connectivity index (χ0) is 19.5. The molecule has 27 heavy (non-hydrogen) atoms. The van der Waals surface area contributed by atoms with Crippen LogP contribution in [0.15, 0.2) is 54.6 Å². The van der Waals surface area contributed by atoms with Crippen molar-refractivity contribution in [3.8, 4) is 0 Å². The van der Waals surface area contributed by atoms with E-state index in [4.69, 9.17) is 0 Å². The summed E-state index contributed by atoms with van der Waals surface area (Å²) >= 11 is 0. The van der Waals surface area contributed by atoms with Crippen LogP contribution >= 0.6 is 0 Å². The first-order valence-corrected chi connectivity index (χ1v) is 10.0. The number of hydrogen-bond donors (Lipinski definition) is 0. The third-order valence-corrected chi connectivity index (χ3v) is 4.74. The number of rotatable bonds is 10. The zero-order valence-electron chi connectivity index (χ0n) is 16.5. The van der Waals surface area contributed by atoms with E-state index >= 15 is 0 Å². The van der Waals surface area contributed by atoms with Gasteiger partial charge in [-0.2, -0.15) is 0 Å². The van der Waals surface area contributed by atoms with Gasteiger partial charge in [0.1, 0.15) is 0 Å². The van der Waals surface area contributed by atoms with Crippen molar-refractivity contribution in [3.63, 3.8) is 0 Å². The van der Waals surface area contributed by atoms with Gasteiger partial charge in [-0.1, -0.05) is 99.7 Å². The maximum absolute atomic E-state index is 14.5. The Balaban J connectivity index is 1.97. The van der Waals surface area contributed by atoms with E-state index in [1.807, 2.05) is 31.2 Å². The molecule has 0 bridgehead atoms. The standard InChI is InChI=1S/C25H30F2/c1-3-5-6-7-8-9-11-21-14-18-23(19-15-21)25(27)24(26)22-16-12-20(10-4-2)13-17-22/h4,10,12-19H,3,5-9,11H2,1-2H3/b10-4+,25-24-. The normalized spacial score (nSPS) is 12.4. The fourth-order valence-corrected chi connectivity index (χ4v) is 3.11. The summed E-state index contributed by atoms with van der Waals surface area (Å²) in [7, 11) is 0. The molecule has 144 valence electrons. The van der Waals surface area contributed by atoms with Crippen LogP contribution in [0.1, 0.15) is 74.6 Å². The summed E-state index contributed by atoms with van der Waals surface area (Å²) in [6.45, 7) is 4.14. The molecule has 0 amide bonds. The first-order valence-electron chi connectivity index (χ1n) is 10.0. The van der Waals surface area contributed by atoms with Crippen molar-refractivity contribution < 1.29 is 8.78 Å². The molecule has 2 aromatic rings. The van der Waals surface area contributed by atoms with E-state index < -0.39 is 11.7 Å². The fraction of sp³-hybridized carbons (Fsp3) is 0.360. The molecule has 0 nitrogen and oxygen atoms in total. The van der Waals surface area contributed by atoms with Crippen LogP contribution in [0, 0.1) is 0 Å². The van der Waals surface area contributed by atoms with Gasteiger partial charge in [0.15, 0.2) is 11.7 Å². The Hall–Kier alpha value is -2.22. The first-order chi connectivity index (χ1) is 13.2. The molecular weight excluding hydrogens is 338 g/mol. The molecule has 0 fully saturated rings. The van der Waals surface area contributed by atoms with Crippen LogP contribution < -0.4 is 0 Å². The van der Waals surface area contributed by atoms with Crippen molar-refractivity contribution in [2.75, 3.05) is 0 Å². The van der Waals surface area contributed by atoms with E-state index in [0.29, 0.717) is 0 Å². The average molecular weight is 369 g/mol. The highest BCUT2D eigenvalue weighted by molar-refractivity contribution is 5.83. The molecule has 0 atom stereocenters. The first kappa shape index (κ1) is 21.1. The minimum atomic E-state index is -0.814. The van der Waals surface area contributed by atoms with Crippen LogP contribution in [0.25, 0.3) is 17.7 Å². The lowest BCUT2D eigenvalue weighted by Gasteiger charge is -2.05. The van der Waals surface area contributed by atoms with Gasteiger partial charge in [-0.15, -0.1) is 0 Å². The molecular formula is C25H30F2. The summed E-state index contributed by atoms with van der Waals surface area (Å²) in [5.41, 5.74) is 2.69. The van der Waals surface area contributed by atoms with Gasteiger partial charge in [0.2, 0.25) is 0 Å². The maximum Gasteiger partial charge on any atom is 0.166 e. The van der Waals surface area contributed by atoms with E-state index in [1.165, 1.54) is 37.7 Å². The van der Waals surface area contributed by atoms with Crippen molar-refractivity contribution in [3.05, 3.63) is 76.9 Å². The van der Waals surface area contributed by atoms with Gasteiger partial charge < -0.3 is 0 Å². The Bertz CT molecular complexity index is 737. The van der Waals surface area contributed by atoms with Gasteiger partial charge in [-0.25, -0.2) is 8.78 Å². The van der Waals surface area contributed by atoms with Crippen LogP contribution in [-0.2, 0) is 6.42 Å². The van der Waals surface area contributed by atoms with Crippen molar-refractivity contribution in [1.29, 1.82) is 0 Å². The summed E-state index contributed by atoms with van der Waals surface area (Å²) in [5.74, 6) is -1.62. The van der Waals surface area contributed by atoms with Gasteiger partial charge in [0.05, 0.1) is 0 Å². The van der Waals surface area contributed by atoms with E-state index in [9.17, 15) is 8.78 Å². The van der Waals surface area contributed by atoms with Crippen LogP contribution in [0.3, 0.4) is 0 Å². The van der Waals surface area contributed by atoms with Crippen LogP contribution in [0.4, 0.5) is 8.78 Å². The zero-order valence-corrected chi connectivity index (χ0v) is 16.5. The van der Waals surface area contributed by atoms with Crippen LogP contribution in [0.5, 0.6) is 0 Å². The molecule has 0 aliphatic heterocycles. The van der Waals surface area contributed by atoms with Gasteiger partial charge in [-0.05, 0) is 30.9 Å². The van der Waals surface area contributed by atoms with Crippen molar-refractivity contribution in [1.82, 2.24) is 0 Å². The Morgan fingerprint density at radius 1 is 0.741 bits per heavy atom. The Labute approximate surface area is 162 Å². The number of aryl methyl sites for hydroxylation is 1. The van der Waals surface area contributed by atoms with Crippen molar-refractivity contribution in [2.45, 2.75) is 58.8 Å². The summed E-state index contributed by atoms with van der Waals surface area (Å²) in [5, 5.41) is 0. The molecule has 0 aliphatic carbocycles. The second-order valence-electron chi connectivity index (χ2n) is 6.96. The second kappa shape index (κ2) is 11.5. The smallest absolute Gasteiger partial charge is 0.166 e. The summed E-state index contributed by atoms with van der Waals surface area (Å²) in [6, 6.07) is 13.9. The lowest BCUT2D eigenvalue weighted by atomic mass is 10.0. The lowest BCUT2D eigenvalue weighted by Crippen LogP contribution is -1.89. The second-order valence-corrected chi connectivity index (χ2v) is 6.96. The van der Waals surface area contributed by atoms with E-state index in [2.05, 4.69) is 6.92 Å². The van der Waals surface area contributed by atoms with E-state index in [-0.39, 0.29) is 11.1 Å². The van der Waals surface area contributed by atoms with Gasteiger partial charge in [0, 0.05) is 11.1 Å². The van der Waals surface area contributed by atoms with Crippen LogP contribution in [0.2, 0.25) is 0 Å². The van der Waals surface area contributed by atoms with E-state index in [0.717, 1.165) is 18.4 Å². The topological polar surface area (TPSA) is 0 Å². The van der Waals surface area contributed by atoms with Crippen molar-refractivity contribution in [2.24, 2.45) is 0 Å². The summed E-state index contributed by atoms with van der Waals surface area (Å²) in [6.07, 6.45) is 12.4. The Morgan fingerprint density at radius 2 is 1.26 bits per heavy atom. The monoisotopic (exact) mass is 368 g/mol. The minimum absolute atomic E-state index is 0.261. The molecule has 2 rings (SSSR count). The van der Waals surface area contributed by atoms with Crippen LogP contribution in [-0.4, -0.2) is 0 Å². The lowest BCUT2D eigenvalue weighted by molar-refractivity contribution is 0.607. The highest BCUT2D eigenvalue weighted by atomic mass is 19.2. The summed E-state index contributed by atoms with van der Waals surface area (Å²) < 4.78 is 29.0. The third kappa shape index (κ3) is 6.78. The van der Waals surface area contributed by atoms with Gasteiger partial charge in [0.25, 0.3) is 0 Å². The fourth-order valence-electron chi connectivity index (χ4n) is 3.11. The molecule has 0 aromatic heterocycles. The number of hydrogen-bond acceptors (Lipinski definition) is 0. The molecule has 0 heterocycles. The third-order valence-electron chi connectivity index (χ3n) is 4.74. The number of halogens is 2. The molecule has 0 N–H and O–H groups in total. The highest BCUT2D eigenvalue weighted by Gasteiger charge is 2.11. The molecule has 0 spiro atoms. The number of unbranched alkanes of at least 4 members (excludes halogenated alkanes) is 5. The highest BCUT2D eigenvalue weighted by Crippen LogP contribution is 2.29. The molecule has 0 radical (unpaired) electrons. The number of benzene rings is 2. The van der Waals surface area contributed by atoms with Crippen molar-refractivity contribution >= 4 is 17.7 Å². The predicted molar refractivity (Wildman–Crippen MR) is 114 cm³/mol. The predicted octanol–water partition coefficient (Wildman–Crippen LogP) is 8.39. The molecule has 0 unspecified atom stereocenters. The Kier molecular flexibility index (Phi) is 8.97. The minimum Gasteiger partial charge on any atom is -0.203 e. The maximum atomic E-state index is 14.5. The quantitative estimate of drug-likeness (QED) is 0.292. The molecule has 0 saturated carbocycles. The largest absolute Gasteiger partial charge is 0.203 e.